The summed E-state index contributed by atoms with van der Waals surface area (Å²) in [7, 11) is 1.64. The Morgan fingerprint density at radius 2 is 1.96 bits per heavy atom. The molecule has 1 aromatic carbocycles. The molecule has 6 heteroatoms. The Hall–Kier alpha value is -2.60. The maximum atomic E-state index is 12.5. The highest BCUT2D eigenvalue weighted by atomic mass is 16.5. The topological polar surface area (TPSA) is 58.8 Å². The summed E-state index contributed by atoms with van der Waals surface area (Å²) in [5.74, 6) is 1.69. The highest BCUT2D eigenvalue weighted by Crippen LogP contribution is 2.21. The molecule has 0 bridgehead atoms. The van der Waals surface area contributed by atoms with E-state index in [4.69, 9.17) is 9.26 Å². The summed E-state index contributed by atoms with van der Waals surface area (Å²) in [5, 5.41) is 4.01. The van der Waals surface area contributed by atoms with Crippen molar-refractivity contribution in [2.75, 3.05) is 33.3 Å². The molecule has 1 aliphatic heterocycles. The van der Waals surface area contributed by atoms with E-state index in [1.54, 1.807) is 13.2 Å². The van der Waals surface area contributed by atoms with Gasteiger partial charge in [0.2, 0.25) is 5.91 Å². The van der Waals surface area contributed by atoms with E-state index in [9.17, 15) is 4.79 Å². The van der Waals surface area contributed by atoms with E-state index in [2.05, 4.69) is 10.1 Å². The molecule has 1 aliphatic rings. The number of amides is 1. The van der Waals surface area contributed by atoms with Crippen LogP contribution in [0.1, 0.15) is 28.1 Å². The number of rotatable bonds is 5. The largest absolute Gasteiger partial charge is 0.496 e. The Labute approximate surface area is 160 Å². The number of piperazine rings is 1. The predicted molar refractivity (Wildman–Crippen MR) is 105 cm³/mol. The van der Waals surface area contributed by atoms with Crippen LogP contribution in [0.4, 0.5) is 0 Å². The van der Waals surface area contributed by atoms with Gasteiger partial charge in [-0.25, -0.2) is 0 Å². The Balaban J connectivity index is 1.56. The highest BCUT2D eigenvalue weighted by molar-refractivity contribution is 5.92. The highest BCUT2D eigenvalue weighted by Gasteiger charge is 2.21. The minimum atomic E-state index is 0.0375. The van der Waals surface area contributed by atoms with E-state index in [1.165, 1.54) is 0 Å². The van der Waals surface area contributed by atoms with Crippen molar-refractivity contribution in [2.24, 2.45) is 0 Å². The standard InChI is InChI=1S/C21H27N3O3/c1-15-5-7-20(26-4)18(13-15)6-8-21(25)24-11-9-23(10-12-24)14-19-16(2)22-27-17(19)3/h5-8,13H,9-12,14H2,1-4H3. The summed E-state index contributed by atoms with van der Waals surface area (Å²) in [6.45, 7) is 9.88. The van der Waals surface area contributed by atoms with Crippen molar-refractivity contribution in [3.63, 3.8) is 0 Å². The molecule has 27 heavy (non-hydrogen) atoms. The molecule has 1 fully saturated rings. The van der Waals surface area contributed by atoms with Gasteiger partial charge in [0.05, 0.1) is 12.8 Å². The van der Waals surface area contributed by atoms with Gasteiger partial charge in [-0.3, -0.25) is 9.69 Å². The molecule has 6 nitrogen and oxygen atoms in total. The lowest BCUT2D eigenvalue weighted by Crippen LogP contribution is -2.47. The number of carbonyl (C=O) groups is 1. The SMILES string of the molecule is COc1ccc(C)cc1C=CC(=O)N1CCN(Cc2c(C)noc2C)CC1. The Bertz CT molecular complexity index is 814. The molecule has 0 saturated carbocycles. The molecule has 0 aliphatic carbocycles. The summed E-state index contributed by atoms with van der Waals surface area (Å²) in [5.41, 5.74) is 4.15. The molecular weight excluding hydrogens is 342 g/mol. The molecule has 0 spiro atoms. The van der Waals surface area contributed by atoms with Gasteiger partial charge in [-0.2, -0.15) is 0 Å². The third-order valence-corrected chi connectivity index (χ3v) is 5.04. The van der Waals surface area contributed by atoms with Gasteiger partial charge in [0.25, 0.3) is 0 Å². The van der Waals surface area contributed by atoms with Gasteiger partial charge in [-0.1, -0.05) is 16.8 Å². The van der Waals surface area contributed by atoms with Crippen LogP contribution < -0.4 is 4.74 Å². The predicted octanol–water partition coefficient (Wildman–Crippen LogP) is 2.97. The molecule has 2 aromatic rings. The fraction of sp³-hybridized carbons (Fsp3) is 0.429. The molecule has 0 N–H and O–H groups in total. The lowest BCUT2D eigenvalue weighted by molar-refractivity contribution is -0.127. The molecule has 3 rings (SSSR count). The number of hydrogen-bond acceptors (Lipinski definition) is 5. The average Bonchev–Trinajstić information content (AvgIpc) is 2.99. The van der Waals surface area contributed by atoms with E-state index >= 15 is 0 Å². The summed E-state index contributed by atoms with van der Waals surface area (Å²) < 4.78 is 10.6. The second-order valence-corrected chi connectivity index (χ2v) is 6.98. The van der Waals surface area contributed by atoms with Crippen LogP contribution in [0.25, 0.3) is 6.08 Å². The van der Waals surface area contributed by atoms with Gasteiger partial charge < -0.3 is 14.2 Å². The van der Waals surface area contributed by atoms with Crippen LogP contribution in [0.3, 0.4) is 0 Å². The quantitative estimate of drug-likeness (QED) is 0.759. The first-order chi connectivity index (χ1) is 13.0. The number of methoxy groups -OCH3 is 1. The van der Waals surface area contributed by atoms with Crippen LogP contribution >= 0.6 is 0 Å². The zero-order valence-electron chi connectivity index (χ0n) is 16.5. The van der Waals surface area contributed by atoms with Crippen molar-refractivity contribution in [1.29, 1.82) is 0 Å². The lowest BCUT2D eigenvalue weighted by atomic mass is 10.1. The van der Waals surface area contributed by atoms with E-state index in [0.29, 0.717) is 0 Å². The van der Waals surface area contributed by atoms with Crippen LogP contribution in [0.2, 0.25) is 0 Å². The Kier molecular flexibility index (Phi) is 5.96. The third kappa shape index (κ3) is 4.57. The number of aromatic nitrogens is 1. The maximum absolute atomic E-state index is 12.5. The molecule has 1 aromatic heterocycles. The van der Waals surface area contributed by atoms with E-state index in [0.717, 1.165) is 66.6 Å². The van der Waals surface area contributed by atoms with Crippen LogP contribution in [0, 0.1) is 20.8 Å². The molecule has 1 amide bonds. The number of carbonyl (C=O) groups excluding carboxylic acids is 1. The molecule has 0 unspecified atom stereocenters. The minimum Gasteiger partial charge on any atom is -0.496 e. The fourth-order valence-corrected chi connectivity index (χ4v) is 3.33. The van der Waals surface area contributed by atoms with Gasteiger partial charge in [0.15, 0.2) is 0 Å². The first-order valence-electron chi connectivity index (χ1n) is 9.23. The number of ether oxygens (including phenoxy) is 1. The third-order valence-electron chi connectivity index (χ3n) is 5.04. The average molecular weight is 369 g/mol. The van der Waals surface area contributed by atoms with E-state index in [-0.39, 0.29) is 5.91 Å². The van der Waals surface area contributed by atoms with Crippen LogP contribution in [-0.4, -0.2) is 54.2 Å². The monoisotopic (exact) mass is 369 g/mol. The zero-order chi connectivity index (χ0) is 19.4. The van der Waals surface area contributed by atoms with Crippen molar-refractivity contribution in [2.45, 2.75) is 27.3 Å². The van der Waals surface area contributed by atoms with Gasteiger partial charge in [-0.05, 0) is 39.0 Å². The smallest absolute Gasteiger partial charge is 0.246 e. The summed E-state index contributed by atoms with van der Waals surface area (Å²) in [6.07, 6.45) is 3.48. The lowest BCUT2D eigenvalue weighted by Gasteiger charge is -2.34. The van der Waals surface area contributed by atoms with Crippen molar-refractivity contribution < 1.29 is 14.1 Å². The first kappa shape index (κ1) is 19.2. The van der Waals surface area contributed by atoms with E-state index in [1.807, 2.05) is 49.9 Å². The van der Waals surface area contributed by atoms with Crippen molar-refractivity contribution >= 4 is 12.0 Å². The normalized spacial score (nSPS) is 15.5. The second-order valence-electron chi connectivity index (χ2n) is 6.98. The van der Waals surface area contributed by atoms with Crippen molar-refractivity contribution in [1.82, 2.24) is 15.0 Å². The van der Waals surface area contributed by atoms with Gasteiger partial charge in [0.1, 0.15) is 11.5 Å². The molecule has 144 valence electrons. The number of aryl methyl sites for hydroxylation is 3. The molecule has 2 heterocycles. The van der Waals surface area contributed by atoms with Crippen LogP contribution in [0.15, 0.2) is 28.8 Å². The second kappa shape index (κ2) is 8.39. The van der Waals surface area contributed by atoms with Crippen molar-refractivity contribution in [3.05, 3.63) is 52.4 Å². The summed E-state index contributed by atoms with van der Waals surface area (Å²) in [6, 6.07) is 5.94. The van der Waals surface area contributed by atoms with E-state index < -0.39 is 0 Å². The van der Waals surface area contributed by atoms with Crippen molar-refractivity contribution in [3.8, 4) is 5.75 Å². The Morgan fingerprint density at radius 3 is 2.59 bits per heavy atom. The first-order valence-corrected chi connectivity index (χ1v) is 9.23. The number of benzene rings is 1. The van der Waals surface area contributed by atoms with Gasteiger partial charge >= 0.3 is 0 Å². The molecule has 0 radical (unpaired) electrons. The van der Waals surface area contributed by atoms with Gasteiger partial charge in [0, 0.05) is 49.9 Å². The van der Waals surface area contributed by atoms with Crippen LogP contribution in [-0.2, 0) is 11.3 Å². The molecule has 1 saturated heterocycles. The fourth-order valence-electron chi connectivity index (χ4n) is 3.33. The zero-order valence-corrected chi connectivity index (χ0v) is 16.5. The summed E-state index contributed by atoms with van der Waals surface area (Å²) >= 11 is 0. The minimum absolute atomic E-state index is 0.0375. The maximum Gasteiger partial charge on any atom is 0.246 e. The number of nitrogens with zero attached hydrogens (tertiary/aromatic N) is 3. The molecule has 0 atom stereocenters. The molecular formula is C21H27N3O3. The number of hydrogen-bond donors (Lipinski definition) is 0. The van der Waals surface area contributed by atoms with Gasteiger partial charge in [-0.15, -0.1) is 0 Å². The van der Waals surface area contributed by atoms with Crippen LogP contribution in [0.5, 0.6) is 5.75 Å². The summed E-state index contributed by atoms with van der Waals surface area (Å²) in [4.78, 5) is 16.8. The Morgan fingerprint density at radius 1 is 1.22 bits per heavy atom.